The average Bonchev–Trinajstić information content (AvgIpc) is 3.09. The number of nitrogens with zero attached hydrogens (tertiary/aromatic N) is 1. The third-order valence-corrected chi connectivity index (χ3v) is 5.45. The molecule has 4 heteroatoms. The summed E-state index contributed by atoms with van der Waals surface area (Å²) in [5.74, 6) is 0.807. The Bertz CT molecular complexity index is 452. The minimum atomic E-state index is -0.101. The van der Waals surface area contributed by atoms with E-state index in [9.17, 15) is 4.79 Å². The molecule has 1 unspecified atom stereocenters. The van der Waals surface area contributed by atoms with Gasteiger partial charge in [-0.15, -0.1) is 11.6 Å². The van der Waals surface area contributed by atoms with Gasteiger partial charge in [0.1, 0.15) is 11.4 Å². The Hall–Kier alpha value is -0.540. The van der Waals surface area contributed by atoms with E-state index in [-0.39, 0.29) is 22.7 Å². The van der Waals surface area contributed by atoms with Crippen molar-refractivity contribution in [2.45, 2.75) is 52.0 Å². The van der Waals surface area contributed by atoms with Gasteiger partial charge in [-0.3, -0.25) is 4.79 Å². The molecule has 2 aliphatic rings. The molecular formula is C17H30ClN2O+. The van der Waals surface area contributed by atoms with E-state index in [2.05, 4.69) is 46.3 Å². The average molecular weight is 314 g/mol. The molecular weight excluding hydrogens is 284 g/mol. The summed E-state index contributed by atoms with van der Waals surface area (Å²) in [5, 5.41) is 3.00. The number of allylic oxidation sites excluding steroid dienone is 1. The van der Waals surface area contributed by atoms with Crippen molar-refractivity contribution in [3.8, 4) is 0 Å². The van der Waals surface area contributed by atoms with E-state index in [1.54, 1.807) is 0 Å². The highest BCUT2D eigenvalue weighted by atomic mass is 35.5. The summed E-state index contributed by atoms with van der Waals surface area (Å²) in [6.07, 6.45) is 7.10. The molecule has 0 radical (unpaired) electrons. The van der Waals surface area contributed by atoms with Gasteiger partial charge in [0.15, 0.2) is 0 Å². The van der Waals surface area contributed by atoms with E-state index in [0.717, 1.165) is 28.9 Å². The molecule has 0 bridgehead atoms. The highest BCUT2D eigenvalue weighted by Crippen LogP contribution is 2.45. The summed E-state index contributed by atoms with van der Waals surface area (Å²) in [6, 6.07) is 0. The molecule has 0 aliphatic heterocycles. The van der Waals surface area contributed by atoms with Gasteiger partial charge in [-0.05, 0) is 37.7 Å². The van der Waals surface area contributed by atoms with E-state index >= 15 is 0 Å². The van der Waals surface area contributed by atoms with Crippen molar-refractivity contribution in [3.05, 3.63) is 11.8 Å². The second-order valence-electron chi connectivity index (χ2n) is 8.54. The number of hydrogen-bond donors (Lipinski definition) is 1. The third kappa shape index (κ3) is 4.01. The first-order valence-corrected chi connectivity index (χ1v) is 8.51. The quantitative estimate of drug-likeness (QED) is 0.612. The zero-order chi connectivity index (χ0) is 15.9. The van der Waals surface area contributed by atoms with Crippen molar-refractivity contribution in [1.29, 1.82) is 0 Å². The number of amides is 1. The molecule has 0 aromatic carbocycles. The van der Waals surface area contributed by atoms with E-state index in [1.807, 2.05) is 0 Å². The Morgan fingerprint density at radius 3 is 2.52 bits per heavy atom. The van der Waals surface area contributed by atoms with Crippen LogP contribution in [-0.4, -0.2) is 42.4 Å². The molecule has 21 heavy (non-hydrogen) atoms. The SMILES string of the molecule is CC1(C)CC(NC(=O)CCl)=CC(C)([N+](C)(C)CC2CC2)C1. The Balaban J connectivity index is 2.25. The van der Waals surface area contributed by atoms with Crippen molar-refractivity contribution in [1.82, 2.24) is 5.32 Å². The molecule has 2 rings (SSSR count). The Morgan fingerprint density at radius 2 is 2.00 bits per heavy atom. The minimum Gasteiger partial charge on any atom is -0.329 e. The van der Waals surface area contributed by atoms with Gasteiger partial charge in [0, 0.05) is 18.0 Å². The number of alkyl halides is 1. The van der Waals surface area contributed by atoms with Crippen LogP contribution < -0.4 is 5.32 Å². The number of nitrogens with one attached hydrogen (secondary N) is 1. The van der Waals surface area contributed by atoms with Gasteiger partial charge in [-0.25, -0.2) is 0 Å². The normalized spacial score (nSPS) is 29.0. The van der Waals surface area contributed by atoms with E-state index in [0.29, 0.717) is 0 Å². The van der Waals surface area contributed by atoms with E-state index in [4.69, 9.17) is 11.6 Å². The molecule has 1 fully saturated rings. The third-order valence-electron chi connectivity index (χ3n) is 5.21. The summed E-state index contributed by atoms with van der Waals surface area (Å²) in [6.45, 7) is 8.15. The largest absolute Gasteiger partial charge is 0.329 e. The molecule has 0 heterocycles. The second kappa shape index (κ2) is 5.58. The fraction of sp³-hybridized carbons (Fsp3) is 0.824. The van der Waals surface area contributed by atoms with Crippen molar-refractivity contribution < 1.29 is 9.28 Å². The zero-order valence-corrected chi connectivity index (χ0v) is 14.9. The maximum atomic E-state index is 11.7. The van der Waals surface area contributed by atoms with Gasteiger partial charge in [0.2, 0.25) is 5.91 Å². The van der Waals surface area contributed by atoms with Crippen LogP contribution in [0.2, 0.25) is 0 Å². The van der Waals surface area contributed by atoms with Crippen LogP contribution in [0.15, 0.2) is 11.8 Å². The van der Waals surface area contributed by atoms with Crippen LogP contribution in [0.4, 0.5) is 0 Å². The van der Waals surface area contributed by atoms with Gasteiger partial charge < -0.3 is 9.80 Å². The number of hydrogen-bond acceptors (Lipinski definition) is 1. The van der Waals surface area contributed by atoms with Crippen LogP contribution in [0.5, 0.6) is 0 Å². The van der Waals surface area contributed by atoms with E-state index < -0.39 is 0 Å². The van der Waals surface area contributed by atoms with Gasteiger partial charge in [0.25, 0.3) is 0 Å². The van der Waals surface area contributed by atoms with Crippen molar-refractivity contribution in [2.75, 3.05) is 26.5 Å². The monoisotopic (exact) mass is 313 g/mol. The highest BCUT2D eigenvalue weighted by Gasteiger charge is 2.48. The maximum absolute atomic E-state index is 11.7. The first kappa shape index (κ1) is 16.8. The van der Waals surface area contributed by atoms with Crippen LogP contribution in [0.25, 0.3) is 0 Å². The fourth-order valence-electron chi connectivity index (χ4n) is 3.86. The van der Waals surface area contributed by atoms with Gasteiger partial charge in [-0.2, -0.15) is 0 Å². The van der Waals surface area contributed by atoms with Crippen LogP contribution in [0.3, 0.4) is 0 Å². The molecule has 1 N–H and O–H groups in total. The van der Waals surface area contributed by atoms with E-state index in [1.165, 1.54) is 19.4 Å². The summed E-state index contributed by atoms with van der Waals surface area (Å²) in [7, 11) is 4.66. The zero-order valence-electron chi connectivity index (χ0n) is 14.1. The van der Waals surface area contributed by atoms with Crippen LogP contribution in [0.1, 0.15) is 46.5 Å². The maximum Gasteiger partial charge on any atom is 0.239 e. The van der Waals surface area contributed by atoms with Gasteiger partial charge in [-0.1, -0.05) is 13.8 Å². The minimum absolute atomic E-state index is 0.0226. The van der Waals surface area contributed by atoms with Crippen molar-refractivity contribution in [2.24, 2.45) is 11.3 Å². The molecule has 0 aromatic rings. The van der Waals surface area contributed by atoms with Crippen molar-refractivity contribution in [3.63, 3.8) is 0 Å². The predicted octanol–water partition coefficient (Wildman–Crippen LogP) is 3.29. The Kier molecular flexibility index (Phi) is 4.47. The topological polar surface area (TPSA) is 29.1 Å². The number of quaternary nitrogens is 1. The second-order valence-corrected chi connectivity index (χ2v) is 8.80. The number of halogens is 1. The molecule has 120 valence electrons. The molecule has 2 aliphatic carbocycles. The molecule has 1 saturated carbocycles. The molecule has 0 aromatic heterocycles. The molecule has 1 amide bonds. The Labute approximate surface area is 134 Å². The summed E-state index contributed by atoms with van der Waals surface area (Å²) in [4.78, 5) is 11.7. The highest BCUT2D eigenvalue weighted by molar-refractivity contribution is 6.27. The Morgan fingerprint density at radius 1 is 1.38 bits per heavy atom. The molecule has 3 nitrogen and oxygen atoms in total. The smallest absolute Gasteiger partial charge is 0.239 e. The summed E-state index contributed by atoms with van der Waals surface area (Å²) >= 11 is 5.64. The first-order chi connectivity index (χ1) is 9.57. The lowest BCUT2D eigenvalue weighted by atomic mass is 9.70. The summed E-state index contributed by atoms with van der Waals surface area (Å²) in [5.41, 5.74) is 1.29. The predicted molar refractivity (Wildman–Crippen MR) is 88.1 cm³/mol. The number of rotatable bonds is 5. The number of carbonyl (C=O) groups excluding carboxylic acids is 1. The molecule has 0 spiro atoms. The van der Waals surface area contributed by atoms with Crippen LogP contribution >= 0.6 is 11.6 Å². The standard InChI is InChI=1S/C17H29ClN2O/c1-16(2)8-14(19-15(21)10-18)9-17(3,12-16)20(4,5)11-13-6-7-13/h9,13H,6-8,10-12H2,1-5H3/p+1. The number of likely N-dealkylation sites (N-methyl/N-ethyl adjacent to an activating group) is 1. The lowest BCUT2D eigenvalue weighted by molar-refractivity contribution is -0.935. The van der Waals surface area contributed by atoms with Gasteiger partial charge in [0.05, 0.1) is 20.6 Å². The van der Waals surface area contributed by atoms with Crippen LogP contribution in [-0.2, 0) is 4.79 Å². The first-order valence-electron chi connectivity index (χ1n) is 7.98. The summed E-state index contributed by atoms with van der Waals surface area (Å²) < 4.78 is 0.987. The lowest BCUT2D eigenvalue weighted by Crippen LogP contribution is -2.61. The van der Waals surface area contributed by atoms with Crippen molar-refractivity contribution >= 4 is 17.5 Å². The molecule has 0 saturated heterocycles. The fourth-order valence-corrected chi connectivity index (χ4v) is 3.93. The molecule has 1 atom stereocenters. The lowest BCUT2D eigenvalue weighted by Gasteiger charge is -2.51. The van der Waals surface area contributed by atoms with Gasteiger partial charge >= 0.3 is 0 Å². The van der Waals surface area contributed by atoms with Crippen LogP contribution in [0, 0.1) is 11.3 Å². The number of carbonyl (C=O) groups is 1.